The van der Waals surface area contributed by atoms with Crippen LogP contribution in [-0.2, 0) is 14.9 Å². The summed E-state index contributed by atoms with van der Waals surface area (Å²) >= 11 is 0. The van der Waals surface area contributed by atoms with Crippen molar-refractivity contribution in [1.82, 2.24) is 0 Å². The molecule has 1 aliphatic rings. The monoisotopic (exact) mass is 339 g/mol. The average molecular weight is 339 g/mol. The van der Waals surface area contributed by atoms with Gasteiger partial charge in [-0.3, -0.25) is 4.79 Å². The third kappa shape index (κ3) is 3.36. The van der Waals surface area contributed by atoms with Crippen molar-refractivity contribution in [2.45, 2.75) is 31.6 Å². The van der Waals surface area contributed by atoms with E-state index < -0.39 is 11.4 Å². The fraction of sp³-hybridized carbons (Fsp3) is 0.300. The number of rotatable bonds is 6. The second-order valence-electron chi connectivity index (χ2n) is 6.24. The van der Waals surface area contributed by atoms with Crippen LogP contribution in [0.4, 0.5) is 11.4 Å². The molecule has 0 unspecified atom stereocenters. The summed E-state index contributed by atoms with van der Waals surface area (Å²) in [5.41, 5.74) is 2.22. The Hall–Kier alpha value is -2.82. The molecule has 1 fully saturated rings. The summed E-state index contributed by atoms with van der Waals surface area (Å²) in [6, 6.07) is 14.6. The lowest BCUT2D eigenvalue weighted by atomic mass is 9.64. The molecule has 130 valence electrons. The Bertz CT molecular complexity index is 779. The van der Waals surface area contributed by atoms with Crippen LogP contribution < -0.4 is 5.32 Å². The van der Waals surface area contributed by atoms with E-state index in [4.69, 9.17) is 4.74 Å². The molecule has 5 nitrogen and oxygen atoms in total. The van der Waals surface area contributed by atoms with Gasteiger partial charge in [-0.25, -0.2) is 4.79 Å². The van der Waals surface area contributed by atoms with Crippen molar-refractivity contribution < 1.29 is 19.4 Å². The predicted molar refractivity (Wildman–Crippen MR) is 95.3 cm³/mol. The number of benzene rings is 2. The van der Waals surface area contributed by atoms with E-state index in [9.17, 15) is 14.7 Å². The Kier molecular flexibility index (Phi) is 4.74. The number of nitrogens with one attached hydrogen (secondary N) is 1. The van der Waals surface area contributed by atoms with Crippen LogP contribution in [0.5, 0.6) is 0 Å². The summed E-state index contributed by atoms with van der Waals surface area (Å²) in [6.07, 6.45) is 2.33. The van der Waals surface area contributed by atoms with Crippen LogP contribution in [0, 0.1) is 0 Å². The first-order valence-corrected chi connectivity index (χ1v) is 8.43. The molecule has 0 spiro atoms. The molecule has 5 heteroatoms. The molecular weight excluding hydrogens is 318 g/mol. The number of carbonyl (C=O) groups excluding carboxylic acids is 1. The maximum absolute atomic E-state index is 11.8. The molecule has 2 aromatic carbocycles. The molecule has 0 aromatic heterocycles. The number of esters is 1. The van der Waals surface area contributed by atoms with Crippen molar-refractivity contribution in [3.63, 3.8) is 0 Å². The fourth-order valence-corrected chi connectivity index (χ4v) is 3.13. The maximum atomic E-state index is 11.8. The Morgan fingerprint density at radius 2 is 1.84 bits per heavy atom. The van der Waals surface area contributed by atoms with Crippen LogP contribution in [0.15, 0.2) is 48.5 Å². The van der Waals surface area contributed by atoms with Gasteiger partial charge < -0.3 is 15.2 Å². The van der Waals surface area contributed by atoms with Gasteiger partial charge in [-0.2, -0.15) is 0 Å². The molecule has 0 radical (unpaired) electrons. The van der Waals surface area contributed by atoms with Crippen molar-refractivity contribution in [1.29, 1.82) is 0 Å². The summed E-state index contributed by atoms with van der Waals surface area (Å²) in [5, 5.41) is 12.7. The Morgan fingerprint density at radius 3 is 2.40 bits per heavy atom. The highest BCUT2D eigenvalue weighted by molar-refractivity contribution is 5.90. The Balaban J connectivity index is 1.75. The molecule has 2 aromatic rings. The zero-order chi connectivity index (χ0) is 17.9. The third-order valence-electron chi connectivity index (χ3n) is 4.72. The van der Waals surface area contributed by atoms with Gasteiger partial charge in [-0.15, -0.1) is 0 Å². The number of anilines is 2. The van der Waals surface area contributed by atoms with E-state index >= 15 is 0 Å². The largest absolute Gasteiger partial charge is 0.481 e. The van der Waals surface area contributed by atoms with Gasteiger partial charge in [0.05, 0.1) is 17.6 Å². The molecule has 0 saturated heterocycles. The van der Waals surface area contributed by atoms with Crippen LogP contribution in [0.1, 0.15) is 42.1 Å². The SMILES string of the molecule is CCOC(=O)c1cccc(Nc2ccc(C3(C(=O)O)CCC3)cc2)c1. The third-order valence-corrected chi connectivity index (χ3v) is 4.72. The molecule has 2 N–H and O–H groups in total. The molecule has 0 bridgehead atoms. The zero-order valence-corrected chi connectivity index (χ0v) is 14.1. The predicted octanol–water partition coefficient (Wildman–Crippen LogP) is 4.11. The van der Waals surface area contributed by atoms with Gasteiger partial charge in [0.2, 0.25) is 0 Å². The number of aliphatic carboxylic acids is 1. The van der Waals surface area contributed by atoms with E-state index in [2.05, 4.69) is 5.32 Å². The molecule has 25 heavy (non-hydrogen) atoms. The standard InChI is InChI=1S/C20H21NO4/c1-2-25-18(22)14-5-3-6-17(13-14)21-16-9-7-15(8-10-16)20(19(23)24)11-4-12-20/h3,5-10,13,21H,2,4,11-12H2,1H3,(H,23,24). The van der Waals surface area contributed by atoms with Gasteiger partial charge in [0.1, 0.15) is 0 Å². The number of hydrogen-bond acceptors (Lipinski definition) is 4. The van der Waals surface area contributed by atoms with Gasteiger partial charge >= 0.3 is 11.9 Å². The Morgan fingerprint density at radius 1 is 1.12 bits per heavy atom. The van der Waals surface area contributed by atoms with Crippen molar-refractivity contribution in [2.75, 3.05) is 11.9 Å². The van der Waals surface area contributed by atoms with Gasteiger partial charge in [-0.05, 0) is 55.7 Å². The van der Waals surface area contributed by atoms with Gasteiger partial charge in [0.15, 0.2) is 0 Å². The minimum atomic E-state index is -0.749. The summed E-state index contributed by atoms with van der Waals surface area (Å²) in [6.45, 7) is 2.11. The van der Waals surface area contributed by atoms with Crippen molar-refractivity contribution >= 4 is 23.3 Å². The van der Waals surface area contributed by atoms with Gasteiger partial charge in [0.25, 0.3) is 0 Å². The van der Waals surface area contributed by atoms with Crippen LogP contribution in [0.25, 0.3) is 0 Å². The van der Waals surface area contributed by atoms with E-state index in [1.807, 2.05) is 30.3 Å². The maximum Gasteiger partial charge on any atom is 0.338 e. The van der Waals surface area contributed by atoms with Gasteiger partial charge in [0, 0.05) is 11.4 Å². The van der Waals surface area contributed by atoms with E-state index in [0.717, 1.165) is 23.4 Å². The van der Waals surface area contributed by atoms with E-state index in [-0.39, 0.29) is 5.97 Å². The number of carbonyl (C=O) groups is 2. The molecule has 0 heterocycles. The second-order valence-corrected chi connectivity index (χ2v) is 6.24. The first-order chi connectivity index (χ1) is 12.0. The topological polar surface area (TPSA) is 75.6 Å². The smallest absolute Gasteiger partial charge is 0.338 e. The van der Waals surface area contributed by atoms with E-state index in [0.29, 0.717) is 25.0 Å². The number of carboxylic acid groups (broad SMARTS) is 1. The lowest BCUT2D eigenvalue weighted by Crippen LogP contribution is -2.42. The highest BCUT2D eigenvalue weighted by Crippen LogP contribution is 2.44. The lowest BCUT2D eigenvalue weighted by Gasteiger charge is -2.38. The highest BCUT2D eigenvalue weighted by Gasteiger charge is 2.45. The lowest BCUT2D eigenvalue weighted by molar-refractivity contribution is -0.147. The van der Waals surface area contributed by atoms with Crippen LogP contribution in [0.2, 0.25) is 0 Å². The summed E-state index contributed by atoms with van der Waals surface area (Å²) in [7, 11) is 0. The molecule has 3 rings (SSSR count). The number of hydrogen-bond donors (Lipinski definition) is 2. The van der Waals surface area contributed by atoms with Gasteiger partial charge in [-0.1, -0.05) is 24.6 Å². The molecule has 1 saturated carbocycles. The first-order valence-electron chi connectivity index (χ1n) is 8.43. The molecule has 0 atom stereocenters. The van der Waals surface area contributed by atoms with Crippen LogP contribution in [0.3, 0.4) is 0 Å². The molecule has 0 aliphatic heterocycles. The number of ether oxygens (including phenoxy) is 1. The minimum absolute atomic E-state index is 0.337. The van der Waals surface area contributed by atoms with E-state index in [1.54, 1.807) is 25.1 Å². The zero-order valence-electron chi connectivity index (χ0n) is 14.1. The second kappa shape index (κ2) is 6.97. The summed E-state index contributed by atoms with van der Waals surface area (Å²) < 4.78 is 5.01. The average Bonchev–Trinajstić information content (AvgIpc) is 2.55. The Labute approximate surface area is 146 Å². The molecule has 1 aliphatic carbocycles. The van der Waals surface area contributed by atoms with Crippen LogP contribution >= 0.6 is 0 Å². The normalized spacial score (nSPS) is 15.1. The molecule has 0 amide bonds. The first kappa shape index (κ1) is 17.0. The fourth-order valence-electron chi connectivity index (χ4n) is 3.13. The van der Waals surface area contributed by atoms with Crippen molar-refractivity contribution in [3.05, 3.63) is 59.7 Å². The minimum Gasteiger partial charge on any atom is -0.481 e. The summed E-state index contributed by atoms with van der Waals surface area (Å²) in [5.74, 6) is -1.10. The van der Waals surface area contributed by atoms with Crippen molar-refractivity contribution in [3.8, 4) is 0 Å². The van der Waals surface area contributed by atoms with Crippen molar-refractivity contribution in [2.24, 2.45) is 0 Å². The summed E-state index contributed by atoms with van der Waals surface area (Å²) in [4.78, 5) is 23.4. The quantitative estimate of drug-likeness (QED) is 0.775. The number of carboxylic acids is 1. The van der Waals surface area contributed by atoms with E-state index in [1.165, 1.54) is 0 Å². The molecular formula is C20H21NO4. The highest BCUT2D eigenvalue weighted by atomic mass is 16.5. The van der Waals surface area contributed by atoms with Crippen LogP contribution in [-0.4, -0.2) is 23.7 Å².